The van der Waals surface area contributed by atoms with Gasteiger partial charge in [-0.1, -0.05) is 12.1 Å². The van der Waals surface area contributed by atoms with E-state index in [0.29, 0.717) is 6.54 Å². The van der Waals surface area contributed by atoms with Crippen molar-refractivity contribution in [2.75, 3.05) is 63.8 Å². The number of piperazine rings is 1. The summed E-state index contributed by atoms with van der Waals surface area (Å²) >= 11 is 0. The van der Waals surface area contributed by atoms with Crippen LogP contribution in [-0.2, 0) is 9.84 Å². The van der Waals surface area contributed by atoms with Crippen LogP contribution in [0.1, 0.15) is 0 Å². The van der Waals surface area contributed by atoms with Gasteiger partial charge in [0.1, 0.15) is 15.6 Å². The van der Waals surface area contributed by atoms with Crippen LogP contribution in [0.2, 0.25) is 0 Å². The molecule has 1 heterocycles. The number of hydrogen-bond donors (Lipinski definition) is 1. The molecule has 1 aliphatic heterocycles. The largest absolute Gasteiger partial charge is 0.495 e. The molecule has 0 saturated carbocycles. The standard InChI is InChI=1S/C16H26N4O3S/c1-17-16(18-8-13-24(3,21)22)20-11-9-19(10-12-20)14-6-4-5-7-15(14)23-2/h4-7H,8-13H2,1-3H3,(H,17,18). The molecule has 2 rings (SSSR count). The summed E-state index contributed by atoms with van der Waals surface area (Å²) in [5.74, 6) is 1.73. The molecule has 7 nitrogen and oxygen atoms in total. The Morgan fingerprint density at radius 1 is 1.25 bits per heavy atom. The maximum absolute atomic E-state index is 11.2. The second-order valence-electron chi connectivity index (χ2n) is 5.75. The normalized spacial score (nSPS) is 16.2. The van der Waals surface area contributed by atoms with Gasteiger partial charge in [-0.15, -0.1) is 0 Å². The van der Waals surface area contributed by atoms with Crippen LogP contribution in [0.4, 0.5) is 5.69 Å². The van der Waals surface area contributed by atoms with E-state index in [4.69, 9.17) is 4.74 Å². The summed E-state index contributed by atoms with van der Waals surface area (Å²) in [5.41, 5.74) is 1.10. The van der Waals surface area contributed by atoms with Crippen LogP contribution in [0.3, 0.4) is 0 Å². The number of benzene rings is 1. The molecule has 0 radical (unpaired) electrons. The summed E-state index contributed by atoms with van der Waals surface area (Å²) in [5, 5.41) is 3.13. The van der Waals surface area contributed by atoms with Crippen molar-refractivity contribution in [1.82, 2.24) is 10.2 Å². The van der Waals surface area contributed by atoms with Gasteiger partial charge in [-0.25, -0.2) is 8.42 Å². The molecule has 1 aromatic rings. The Bertz CT molecular complexity index is 668. The van der Waals surface area contributed by atoms with Crippen LogP contribution in [0.25, 0.3) is 0 Å². The minimum Gasteiger partial charge on any atom is -0.495 e. The van der Waals surface area contributed by atoms with Crippen LogP contribution >= 0.6 is 0 Å². The SMILES string of the molecule is CN=C(NCCS(C)(=O)=O)N1CCN(c2ccccc2OC)CC1. The molecule has 0 atom stereocenters. The van der Waals surface area contributed by atoms with Gasteiger partial charge in [0.25, 0.3) is 0 Å². The van der Waals surface area contributed by atoms with Gasteiger partial charge in [0.05, 0.1) is 18.6 Å². The van der Waals surface area contributed by atoms with Crippen molar-refractivity contribution in [3.63, 3.8) is 0 Å². The average molecular weight is 354 g/mol. The van der Waals surface area contributed by atoms with Crippen molar-refractivity contribution < 1.29 is 13.2 Å². The molecule has 8 heteroatoms. The Hall–Kier alpha value is -1.96. The number of nitrogens with one attached hydrogen (secondary N) is 1. The fraction of sp³-hybridized carbons (Fsp3) is 0.562. The molecule has 0 bridgehead atoms. The van der Waals surface area contributed by atoms with Gasteiger partial charge in [-0.2, -0.15) is 0 Å². The van der Waals surface area contributed by atoms with E-state index in [-0.39, 0.29) is 5.75 Å². The molecule has 1 aliphatic rings. The van der Waals surface area contributed by atoms with Gasteiger partial charge in [0.2, 0.25) is 0 Å². The Morgan fingerprint density at radius 3 is 2.50 bits per heavy atom. The van der Waals surface area contributed by atoms with Gasteiger partial charge in [0, 0.05) is 46.0 Å². The van der Waals surface area contributed by atoms with Gasteiger partial charge < -0.3 is 19.9 Å². The third-order valence-electron chi connectivity index (χ3n) is 3.97. The molecule has 0 spiro atoms. The van der Waals surface area contributed by atoms with Gasteiger partial charge in [0.15, 0.2) is 5.96 Å². The number of para-hydroxylation sites is 2. The van der Waals surface area contributed by atoms with E-state index in [1.54, 1.807) is 14.2 Å². The smallest absolute Gasteiger partial charge is 0.193 e. The first-order chi connectivity index (χ1) is 11.4. The number of sulfone groups is 1. The van der Waals surface area contributed by atoms with Crippen molar-refractivity contribution in [2.45, 2.75) is 0 Å². The monoisotopic (exact) mass is 354 g/mol. The van der Waals surface area contributed by atoms with E-state index in [0.717, 1.165) is 43.6 Å². The number of nitrogens with zero attached hydrogens (tertiary/aromatic N) is 3. The van der Waals surface area contributed by atoms with E-state index >= 15 is 0 Å². The number of rotatable bonds is 5. The van der Waals surface area contributed by atoms with E-state index < -0.39 is 9.84 Å². The fourth-order valence-electron chi connectivity index (χ4n) is 2.73. The van der Waals surface area contributed by atoms with Crippen molar-refractivity contribution in [3.8, 4) is 5.75 Å². The molecular formula is C16H26N4O3S. The number of ether oxygens (including phenoxy) is 1. The van der Waals surface area contributed by atoms with Crippen LogP contribution in [0.15, 0.2) is 29.3 Å². The third kappa shape index (κ3) is 5.02. The van der Waals surface area contributed by atoms with E-state index in [1.807, 2.05) is 18.2 Å². The van der Waals surface area contributed by atoms with Gasteiger partial charge in [-0.3, -0.25) is 4.99 Å². The van der Waals surface area contributed by atoms with E-state index in [9.17, 15) is 8.42 Å². The fourth-order valence-corrected chi connectivity index (χ4v) is 3.20. The van der Waals surface area contributed by atoms with Crippen molar-refractivity contribution >= 4 is 21.5 Å². The number of guanidine groups is 1. The van der Waals surface area contributed by atoms with Crippen LogP contribution in [0.5, 0.6) is 5.75 Å². The highest BCUT2D eigenvalue weighted by molar-refractivity contribution is 7.90. The summed E-state index contributed by atoms with van der Waals surface area (Å²) in [7, 11) is 0.431. The molecule has 1 fully saturated rings. The number of methoxy groups -OCH3 is 1. The maximum Gasteiger partial charge on any atom is 0.193 e. The minimum atomic E-state index is -2.97. The van der Waals surface area contributed by atoms with Crippen LogP contribution in [0, 0.1) is 0 Å². The second-order valence-corrected chi connectivity index (χ2v) is 8.01. The lowest BCUT2D eigenvalue weighted by molar-refractivity contribution is 0.368. The number of hydrogen-bond acceptors (Lipinski definition) is 5. The highest BCUT2D eigenvalue weighted by atomic mass is 32.2. The Labute approximate surface area is 144 Å². The Balaban J connectivity index is 1.91. The van der Waals surface area contributed by atoms with E-state index in [2.05, 4.69) is 26.2 Å². The van der Waals surface area contributed by atoms with Gasteiger partial charge in [-0.05, 0) is 12.1 Å². The molecule has 0 aliphatic carbocycles. The first kappa shape index (κ1) is 18.4. The Kier molecular flexibility index (Phi) is 6.30. The molecular weight excluding hydrogens is 328 g/mol. The maximum atomic E-state index is 11.2. The number of aliphatic imine (C=N–C) groups is 1. The van der Waals surface area contributed by atoms with Crippen molar-refractivity contribution in [1.29, 1.82) is 0 Å². The first-order valence-corrected chi connectivity index (χ1v) is 10.0. The molecule has 1 N–H and O–H groups in total. The molecule has 24 heavy (non-hydrogen) atoms. The zero-order chi connectivity index (χ0) is 17.6. The lowest BCUT2D eigenvalue weighted by Crippen LogP contribution is -2.53. The molecule has 0 aromatic heterocycles. The summed E-state index contributed by atoms with van der Waals surface area (Å²) < 4.78 is 27.9. The van der Waals surface area contributed by atoms with Crippen molar-refractivity contribution in [3.05, 3.63) is 24.3 Å². The summed E-state index contributed by atoms with van der Waals surface area (Å²) in [6, 6.07) is 8.00. The number of anilines is 1. The van der Waals surface area contributed by atoms with E-state index in [1.165, 1.54) is 6.26 Å². The average Bonchev–Trinajstić information content (AvgIpc) is 2.58. The predicted molar refractivity (Wildman–Crippen MR) is 97.9 cm³/mol. The molecule has 0 unspecified atom stereocenters. The lowest BCUT2D eigenvalue weighted by atomic mass is 10.2. The van der Waals surface area contributed by atoms with Crippen LogP contribution in [-0.4, -0.2) is 78.2 Å². The quantitative estimate of drug-likeness (QED) is 0.611. The van der Waals surface area contributed by atoms with Crippen LogP contribution < -0.4 is 15.0 Å². The molecule has 0 amide bonds. The van der Waals surface area contributed by atoms with Crippen molar-refractivity contribution in [2.24, 2.45) is 4.99 Å². The first-order valence-electron chi connectivity index (χ1n) is 7.96. The zero-order valence-corrected chi connectivity index (χ0v) is 15.3. The molecule has 1 aromatic carbocycles. The molecule has 1 saturated heterocycles. The highest BCUT2D eigenvalue weighted by Crippen LogP contribution is 2.28. The topological polar surface area (TPSA) is 74.2 Å². The summed E-state index contributed by atoms with van der Waals surface area (Å²) in [6.07, 6.45) is 1.24. The second kappa shape index (κ2) is 8.23. The summed E-state index contributed by atoms with van der Waals surface area (Å²) in [6.45, 7) is 3.71. The van der Waals surface area contributed by atoms with Gasteiger partial charge >= 0.3 is 0 Å². The lowest BCUT2D eigenvalue weighted by Gasteiger charge is -2.38. The zero-order valence-electron chi connectivity index (χ0n) is 14.5. The predicted octanol–water partition coefficient (Wildman–Crippen LogP) is 0.437. The molecule has 134 valence electrons. The highest BCUT2D eigenvalue weighted by Gasteiger charge is 2.21. The third-order valence-corrected chi connectivity index (χ3v) is 4.92. The summed E-state index contributed by atoms with van der Waals surface area (Å²) in [4.78, 5) is 8.69. The Morgan fingerprint density at radius 2 is 1.92 bits per heavy atom. The minimum absolute atomic E-state index is 0.104.